The predicted octanol–water partition coefficient (Wildman–Crippen LogP) is 3.96. The third-order valence-electron chi connectivity index (χ3n) is 5.25. The monoisotopic (exact) mass is 386 g/mol. The van der Waals surface area contributed by atoms with Crippen LogP contribution in [0.2, 0.25) is 0 Å². The van der Waals surface area contributed by atoms with Crippen LogP contribution in [0.15, 0.2) is 72.9 Å². The summed E-state index contributed by atoms with van der Waals surface area (Å²) in [5.41, 5.74) is 4.32. The first-order valence-corrected chi connectivity index (χ1v) is 10.0. The molecule has 5 nitrogen and oxygen atoms in total. The fourth-order valence-corrected chi connectivity index (χ4v) is 3.66. The Balaban J connectivity index is 1.36. The summed E-state index contributed by atoms with van der Waals surface area (Å²) in [5.74, 6) is 0.791. The van der Waals surface area contributed by atoms with Gasteiger partial charge in [0.05, 0.1) is 0 Å². The lowest BCUT2D eigenvalue weighted by atomic mass is 10.1. The summed E-state index contributed by atoms with van der Waals surface area (Å²) in [6.45, 7) is 5.91. The van der Waals surface area contributed by atoms with Crippen molar-refractivity contribution in [1.29, 1.82) is 0 Å². The number of rotatable bonds is 5. The number of hydrogen-bond donors (Lipinski definition) is 1. The highest BCUT2D eigenvalue weighted by Crippen LogP contribution is 2.18. The van der Waals surface area contributed by atoms with Crippen molar-refractivity contribution in [2.24, 2.45) is 0 Å². The van der Waals surface area contributed by atoms with Crippen molar-refractivity contribution in [2.75, 3.05) is 36.4 Å². The summed E-state index contributed by atoms with van der Waals surface area (Å²) in [4.78, 5) is 21.6. The van der Waals surface area contributed by atoms with Crippen LogP contribution in [0.3, 0.4) is 0 Å². The van der Waals surface area contributed by atoms with E-state index < -0.39 is 0 Å². The van der Waals surface area contributed by atoms with Gasteiger partial charge in [-0.15, -0.1) is 0 Å². The van der Waals surface area contributed by atoms with E-state index in [0.29, 0.717) is 12.1 Å². The molecule has 2 aromatic carbocycles. The molecule has 4 rings (SSSR count). The zero-order chi connectivity index (χ0) is 20.1. The van der Waals surface area contributed by atoms with E-state index in [1.54, 1.807) is 12.3 Å². The molecule has 1 N–H and O–H groups in total. The molecule has 148 valence electrons. The van der Waals surface area contributed by atoms with Crippen LogP contribution in [-0.4, -0.2) is 42.0 Å². The summed E-state index contributed by atoms with van der Waals surface area (Å²) in [6, 6.07) is 22.4. The molecule has 1 aromatic heterocycles. The lowest BCUT2D eigenvalue weighted by Crippen LogP contribution is -2.48. The maximum atomic E-state index is 13.0. The number of carbonyl (C=O) groups is 1. The quantitative estimate of drug-likeness (QED) is 0.721. The second-order valence-electron chi connectivity index (χ2n) is 7.39. The second-order valence-corrected chi connectivity index (χ2v) is 7.39. The molecular formula is C24H26N4O. The molecule has 1 saturated heterocycles. The Hall–Kier alpha value is -3.34. The largest absolute Gasteiger partial charge is 0.368 e. The highest BCUT2D eigenvalue weighted by Gasteiger charge is 2.22. The molecule has 0 bridgehead atoms. The minimum Gasteiger partial charge on any atom is -0.368 e. The van der Waals surface area contributed by atoms with E-state index in [1.807, 2.05) is 17.0 Å². The van der Waals surface area contributed by atoms with Gasteiger partial charge in [-0.25, -0.2) is 4.98 Å². The van der Waals surface area contributed by atoms with E-state index in [0.717, 1.165) is 32.0 Å². The number of anilines is 2. The number of aromatic nitrogens is 1. The fraction of sp³-hybridized carbons (Fsp3) is 0.250. The van der Waals surface area contributed by atoms with Crippen molar-refractivity contribution in [3.05, 3.63) is 89.6 Å². The Labute approximate surface area is 172 Å². The number of hydrogen-bond acceptors (Lipinski definition) is 4. The Morgan fingerprint density at radius 2 is 1.76 bits per heavy atom. The van der Waals surface area contributed by atoms with Gasteiger partial charge in [-0.2, -0.15) is 0 Å². The highest BCUT2D eigenvalue weighted by atomic mass is 16.2. The molecule has 1 amide bonds. The minimum absolute atomic E-state index is 0.0683. The van der Waals surface area contributed by atoms with Crippen molar-refractivity contribution in [2.45, 2.75) is 13.5 Å². The highest BCUT2D eigenvalue weighted by molar-refractivity contribution is 5.95. The number of piperazine rings is 1. The Morgan fingerprint density at radius 3 is 2.52 bits per heavy atom. The molecule has 5 heteroatoms. The van der Waals surface area contributed by atoms with Crippen LogP contribution >= 0.6 is 0 Å². The first-order valence-electron chi connectivity index (χ1n) is 10.0. The number of amides is 1. The van der Waals surface area contributed by atoms with Crippen molar-refractivity contribution < 1.29 is 4.79 Å². The summed E-state index contributed by atoms with van der Waals surface area (Å²) in [7, 11) is 0. The van der Waals surface area contributed by atoms with Crippen molar-refractivity contribution in [3.63, 3.8) is 0 Å². The first-order chi connectivity index (χ1) is 14.2. The first kappa shape index (κ1) is 19.0. The molecule has 0 aliphatic carbocycles. The Kier molecular flexibility index (Phi) is 5.75. The summed E-state index contributed by atoms with van der Waals surface area (Å²) < 4.78 is 0. The molecule has 2 heterocycles. The molecule has 3 aromatic rings. The van der Waals surface area contributed by atoms with Gasteiger partial charge in [-0.05, 0) is 36.8 Å². The average Bonchev–Trinajstić information content (AvgIpc) is 2.78. The topological polar surface area (TPSA) is 48.5 Å². The molecule has 29 heavy (non-hydrogen) atoms. The van der Waals surface area contributed by atoms with Crippen molar-refractivity contribution in [3.8, 4) is 0 Å². The van der Waals surface area contributed by atoms with Crippen LogP contribution in [0, 0.1) is 6.92 Å². The van der Waals surface area contributed by atoms with Crippen LogP contribution in [0.5, 0.6) is 0 Å². The second kappa shape index (κ2) is 8.78. The molecule has 1 aliphatic heterocycles. The standard InChI is InChI=1S/C24H26N4O/c1-19-6-5-7-20(16-19)18-26-23-17-21(10-11-25-23)24(29)28-14-12-27(13-15-28)22-8-3-2-4-9-22/h2-11,16-17H,12-15,18H2,1H3,(H,25,26). The predicted molar refractivity (Wildman–Crippen MR) is 117 cm³/mol. The lowest BCUT2D eigenvalue weighted by Gasteiger charge is -2.36. The molecule has 1 fully saturated rings. The van der Waals surface area contributed by atoms with Crippen molar-refractivity contribution >= 4 is 17.4 Å². The SMILES string of the molecule is Cc1cccc(CNc2cc(C(=O)N3CCN(c4ccccc4)CC3)ccn2)c1. The van der Waals surface area contributed by atoms with Gasteiger partial charge in [0.15, 0.2) is 0 Å². The summed E-state index contributed by atoms with van der Waals surface area (Å²) in [5, 5.41) is 3.32. The number of aryl methyl sites for hydroxylation is 1. The Bertz CT molecular complexity index is 965. The molecule has 0 unspecified atom stereocenters. The zero-order valence-electron chi connectivity index (χ0n) is 16.7. The van der Waals surface area contributed by atoms with Gasteiger partial charge in [0, 0.05) is 50.2 Å². The third-order valence-corrected chi connectivity index (χ3v) is 5.25. The molecular weight excluding hydrogens is 360 g/mol. The average molecular weight is 386 g/mol. The molecule has 0 radical (unpaired) electrons. The van der Waals surface area contributed by atoms with Crippen LogP contribution in [0.1, 0.15) is 21.5 Å². The van der Waals surface area contributed by atoms with E-state index in [9.17, 15) is 4.79 Å². The smallest absolute Gasteiger partial charge is 0.254 e. The van der Waals surface area contributed by atoms with Gasteiger partial charge in [-0.1, -0.05) is 48.0 Å². The number of benzene rings is 2. The van der Waals surface area contributed by atoms with Gasteiger partial charge in [0.1, 0.15) is 5.82 Å². The van der Waals surface area contributed by atoms with Gasteiger partial charge >= 0.3 is 0 Å². The zero-order valence-corrected chi connectivity index (χ0v) is 16.7. The van der Waals surface area contributed by atoms with E-state index in [4.69, 9.17) is 0 Å². The number of pyridine rings is 1. The Morgan fingerprint density at radius 1 is 0.966 bits per heavy atom. The number of nitrogens with one attached hydrogen (secondary N) is 1. The van der Waals surface area contributed by atoms with E-state index in [-0.39, 0.29) is 5.91 Å². The number of nitrogens with zero attached hydrogens (tertiary/aromatic N) is 3. The summed E-state index contributed by atoms with van der Waals surface area (Å²) in [6.07, 6.45) is 1.70. The molecule has 0 saturated carbocycles. The maximum absolute atomic E-state index is 13.0. The van der Waals surface area contributed by atoms with E-state index in [2.05, 4.69) is 70.7 Å². The lowest BCUT2D eigenvalue weighted by molar-refractivity contribution is 0.0746. The molecule has 0 spiro atoms. The molecule has 0 atom stereocenters. The van der Waals surface area contributed by atoms with Crippen LogP contribution in [0.25, 0.3) is 0 Å². The number of carbonyl (C=O) groups excluding carboxylic acids is 1. The van der Waals surface area contributed by atoms with Gasteiger partial charge in [0.2, 0.25) is 0 Å². The molecule has 1 aliphatic rings. The summed E-state index contributed by atoms with van der Waals surface area (Å²) >= 11 is 0. The van der Waals surface area contributed by atoms with E-state index >= 15 is 0 Å². The fourth-order valence-electron chi connectivity index (χ4n) is 3.66. The number of para-hydroxylation sites is 1. The third kappa shape index (κ3) is 4.74. The van der Waals surface area contributed by atoms with Gasteiger partial charge < -0.3 is 15.1 Å². The minimum atomic E-state index is 0.0683. The van der Waals surface area contributed by atoms with E-state index in [1.165, 1.54) is 16.8 Å². The normalized spacial score (nSPS) is 14.0. The van der Waals surface area contributed by atoms with Crippen LogP contribution < -0.4 is 10.2 Å². The van der Waals surface area contributed by atoms with Gasteiger partial charge in [0.25, 0.3) is 5.91 Å². The van der Waals surface area contributed by atoms with Crippen LogP contribution in [0.4, 0.5) is 11.5 Å². The van der Waals surface area contributed by atoms with Gasteiger partial charge in [-0.3, -0.25) is 4.79 Å². The van der Waals surface area contributed by atoms with Crippen LogP contribution in [-0.2, 0) is 6.54 Å². The maximum Gasteiger partial charge on any atom is 0.254 e. The van der Waals surface area contributed by atoms with Crippen molar-refractivity contribution in [1.82, 2.24) is 9.88 Å².